The smallest absolute Gasteiger partial charge is 0.291 e. The summed E-state index contributed by atoms with van der Waals surface area (Å²) in [6.07, 6.45) is 4.46. The van der Waals surface area contributed by atoms with E-state index in [1.54, 1.807) is 48.5 Å². The highest BCUT2D eigenvalue weighted by atomic mass is 35.5. The summed E-state index contributed by atoms with van der Waals surface area (Å²) in [7, 11) is 0. The second-order valence-electron chi connectivity index (χ2n) is 5.36. The van der Waals surface area contributed by atoms with E-state index >= 15 is 0 Å². The molecule has 0 unspecified atom stereocenters. The van der Waals surface area contributed by atoms with Gasteiger partial charge in [0.15, 0.2) is 5.76 Å². The highest BCUT2D eigenvalue weighted by Crippen LogP contribution is 2.18. The molecule has 2 aromatic carbocycles. The number of halogens is 1. The Morgan fingerprint density at radius 1 is 0.923 bits per heavy atom. The molecule has 26 heavy (non-hydrogen) atoms. The first-order valence-corrected chi connectivity index (χ1v) is 8.18. The molecular formula is C20H15ClN2O3. The van der Waals surface area contributed by atoms with Crippen molar-refractivity contribution in [2.45, 2.75) is 0 Å². The molecule has 0 saturated heterocycles. The summed E-state index contributed by atoms with van der Waals surface area (Å²) in [5.74, 6) is -0.460. The second-order valence-corrected chi connectivity index (χ2v) is 5.76. The Morgan fingerprint density at radius 3 is 2.42 bits per heavy atom. The van der Waals surface area contributed by atoms with Crippen LogP contribution in [0.4, 0.5) is 11.4 Å². The molecule has 130 valence electrons. The minimum absolute atomic E-state index is 0.210. The van der Waals surface area contributed by atoms with Crippen molar-refractivity contribution in [3.63, 3.8) is 0 Å². The zero-order valence-electron chi connectivity index (χ0n) is 13.6. The van der Waals surface area contributed by atoms with Gasteiger partial charge in [0.05, 0.1) is 6.26 Å². The Bertz CT molecular complexity index is 949. The van der Waals surface area contributed by atoms with Crippen LogP contribution < -0.4 is 10.6 Å². The van der Waals surface area contributed by atoms with E-state index in [4.69, 9.17) is 16.0 Å². The largest absolute Gasteiger partial charge is 0.459 e. The maximum Gasteiger partial charge on any atom is 0.291 e. The van der Waals surface area contributed by atoms with Crippen LogP contribution in [0.3, 0.4) is 0 Å². The third-order valence-corrected chi connectivity index (χ3v) is 3.80. The van der Waals surface area contributed by atoms with Crippen molar-refractivity contribution in [1.82, 2.24) is 0 Å². The van der Waals surface area contributed by atoms with Gasteiger partial charge in [0.1, 0.15) is 0 Å². The fraction of sp³-hybridized carbons (Fsp3) is 0. The molecule has 0 radical (unpaired) electrons. The number of carbonyl (C=O) groups is 2. The maximum absolute atomic E-state index is 12.1. The van der Waals surface area contributed by atoms with Gasteiger partial charge in [-0.1, -0.05) is 35.9 Å². The molecule has 5 nitrogen and oxygen atoms in total. The minimum Gasteiger partial charge on any atom is -0.459 e. The van der Waals surface area contributed by atoms with Crippen LogP contribution in [0, 0.1) is 0 Å². The highest BCUT2D eigenvalue weighted by Gasteiger charge is 2.09. The predicted molar refractivity (Wildman–Crippen MR) is 102 cm³/mol. The van der Waals surface area contributed by atoms with Gasteiger partial charge >= 0.3 is 0 Å². The summed E-state index contributed by atoms with van der Waals surface area (Å²) in [4.78, 5) is 24.1. The van der Waals surface area contributed by atoms with Crippen LogP contribution in [0.15, 0.2) is 77.4 Å². The first kappa shape index (κ1) is 17.5. The van der Waals surface area contributed by atoms with E-state index in [0.29, 0.717) is 16.4 Å². The summed E-state index contributed by atoms with van der Waals surface area (Å²) < 4.78 is 5.04. The number of rotatable bonds is 5. The molecule has 6 heteroatoms. The molecule has 0 spiro atoms. The van der Waals surface area contributed by atoms with E-state index in [0.717, 1.165) is 5.56 Å². The molecule has 0 bridgehead atoms. The van der Waals surface area contributed by atoms with Crippen molar-refractivity contribution in [2.75, 3.05) is 10.6 Å². The second kappa shape index (κ2) is 8.18. The SMILES string of the molecule is O=C(/C=C/c1ccccc1Cl)Nc1cccc(NC(=O)c2ccco2)c1. The van der Waals surface area contributed by atoms with E-state index in [9.17, 15) is 9.59 Å². The van der Waals surface area contributed by atoms with Crippen LogP contribution >= 0.6 is 11.6 Å². The van der Waals surface area contributed by atoms with Gasteiger partial charge in [0.25, 0.3) is 5.91 Å². The third-order valence-electron chi connectivity index (χ3n) is 3.45. The highest BCUT2D eigenvalue weighted by molar-refractivity contribution is 6.32. The Labute approximate surface area is 155 Å². The zero-order chi connectivity index (χ0) is 18.4. The van der Waals surface area contributed by atoms with Crippen LogP contribution in [0.1, 0.15) is 16.1 Å². The van der Waals surface area contributed by atoms with Crippen LogP contribution in [0.5, 0.6) is 0 Å². The normalized spacial score (nSPS) is 10.7. The molecule has 0 aliphatic heterocycles. The number of carbonyl (C=O) groups excluding carboxylic acids is 2. The maximum atomic E-state index is 12.1. The van der Waals surface area contributed by atoms with E-state index in [-0.39, 0.29) is 17.6 Å². The van der Waals surface area contributed by atoms with Crippen molar-refractivity contribution in [1.29, 1.82) is 0 Å². The van der Waals surface area contributed by atoms with Crippen LogP contribution in [-0.2, 0) is 4.79 Å². The lowest BCUT2D eigenvalue weighted by Gasteiger charge is -2.07. The number of hydrogen-bond donors (Lipinski definition) is 2. The summed E-state index contributed by atoms with van der Waals surface area (Å²) in [5, 5.41) is 6.01. The first-order valence-electron chi connectivity index (χ1n) is 7.80. The zero-order valence-corrected chi connectivity index (χ0v) is 14.4. The van der Waals surface area contributed by atoms with Crippen LogP contribution in [0.2, 0.25) is 5.02 Å². The fourth-order valence-electron chi connectivity index (χ4n) is 2.23. The molecule has 3 rings (SSSR count). The lowest BCUT2D eigenvalue weighted by molar-refractivity contribution is -0.111. The van der Waals surface area contributed by atoms with Gasteiger partial charge < -0.3 is 15.1 Å². The summed E-state index contributed by atoms with van der Waals surface area (Å²) in [5.41, 5.74) is 1.85. The number of furan rings is 1. The molecule has 3 aromatic rings. The van der Waals surface area contributed by atoms with E-state index in [1.165, 1.54) is 12.3 Å². The van der Waals surface area contributed by atoms with Gasteiger partial charge in [-0.2, -0.15) is 0 Å². The topological polar surface area (TPSA) is 71.3 Å². The van der Waals surface area contributed by atoms with Crippen molar-refractivity contribution < 1.29 is 14.0 Å². The summed E-state index contributed by atoms with van der Waals surface area (Å²) in [6, 6.07) is 17.3. The van der Waals surface area contributed by atoms with E-state index in [2.05, 4.69) is 10.6 Å². The molecule has 0 aliphatic rings. The van der Waals surface area contributed by atoms with Crippen molar-refractivity contribution >= 4 is 40.9 Å². The number of amides is 2. The van der Waals surface area contributed by atoms with Gasteiger partial charge in [0.2, 0.25) is 5.91 Å². The van der Waals surface area contributed by atoms with Gasteiger partial charge in [-0.05, 0) is 48.0 Å². The Kier molecular flexibility index (Phi) is 5.51. The number of hydrogen-bond acceptors (Lipinski definition) is 3. The number of anilines is 2. The molecule has 0 aliphatic carbocycles. The molecule has 0 atom stereocenters. The standard InChI is InChI=1S/C20H15ClN2O3/c21-17-8-2-1-5-14(17)10-11-19(24)22-15-6-3-7-16(13-15)23-20(25)18-9-4-12-26-18/h1-13H,(H,22,24)(H,23,25)/b11-10+. The Balaban J connectivity index is 1.64. The Morgan fingerprint density at radius 2 is 1.69 bits per heavy atom. The van der Waals surface area contributed by atoms with E-state index < -0.39 is 0 Å². The molecule has 0 saturated carbocycles. The van der Waals surface area contributed by atoms with Gasteiger partial charge in [-0.15, -0.1) is 0 Å². The lowest BCUT2D eigenvalue weighted by atomic mass is 10.2. The van der Waals surface area contributed by atoms with Gasteiger partial charge in [-0.3, -0.25) is 9.59 Å². The average Bonchev–Trinajstić information content (AvgIpc) is 3.16. The monoisotopic (exact) mass is 366 g/mol. The molecule has 1 heterocycles. The summed E-state index contributed by atoms with van der Waals surface area (Å²) in [6.45, 7) is 0. The van der Waals surface area contributed by atoms with Crippen molar-refractivity contribution in [3.8, 4) is 0 Å². The van der Waals surface area contributed by atoms with Crippen LogP contribution in [-0.4, -0.2) is 11.8 Å². The van der Waals surface area contributed by atoms with Gasteiger partial charge in [-0.25, -0.2) is 0 Å². The fourth-order valence-corrected chi connectivity index (χ4v) is 2.43. The van der Waals surface area contributed by atoms with Crippen LogP contribution in [0.25, 0.3) is 6.08 Å². The van der Waals surface area contributed by atoms with E-state index in [1.807, 2.05) is 18.2 Å². The summed E-state index contributed by atoms with van der Waals surface area (Å²) >= 11 is 6.05. The molecule has 2 N–H and O–H groups in total. The molecule has 1 aromatic heterocycles. The molecule has 0 fully saturated rings. The molecule has 2 amide bonds. The molecular weight excluding hydrogens is 352 g/mol. The number of nitrogens with one attached hydrogen (secondary N) is 2. The lowest BCUT2D eigenvalue weighted by Crippen LogP contribution is -2.12. The average molecular weight is 367 g/mol. The van der Waals surface area contributed by atoms with Crippen molar-refractivity contribution in [2.24, 2.45) is 0 Å². The Hall–Kier alpha value is -3.31. The quantitative estimate of drug-likeness (QED) is 0.635. The minimum atomic E-state index is -0.364. The predicted octanol–water partition coefficient (Wildman–Crippen LogP) is 4.84. The third kappa shape index (κ3) is 4.62. The van der Waals surface area contributed by atoms with Gasteiger partial charge in [0, 0.05) is 22.5 Å². The number of benzene rings is 2. The first-order chi connectivity index (χ1) is 12.6. The van der Waals surface area contributed by atoms with Crippen molar-refractivity contribution in [3.05, 3.63) is 89.3 Å².